The van der Waals surface area contributed by atoms with Crippen LogP contribution in [0, 0.1) is 0 Å². The highest BCUT2D eigenvalue weighted by molar-refractivity contribution is 6.69. The molecular weight excluding hydrogens is 253 g/mol. The summed E-state index contributed by atoms with van der Waals surface area (Å²) in [7, 11) is 0. The molecule has 0 radical (unpaired) electrons. The van der Waals surface area contributed by atoms with E-state index < -0.39 is 5.50 Å². The van der Waals surface area contributed by atoms with Gasteiger partial charge in [0.05, 0.1) is 0 Å². The molecule has 1 atom stereocenters. The predicted octanol–water partition coefficient (Wildman–Crippen LogP) is 4.61. The predicted molar refractivity (Wildman–Crippen MR) is 73.9 cm³/mol. The third-order valence-corrected chi connectivity index (χ3v) is 2.98. The molecule has 1 nitrogen and oxygen atoms in total. The van der Waals surface area contributed by atoms with Gasteiger partial charge in [0, 0.05) is 5.56 Å². The average molecular weight is 264 g/mol. The number of aliphatic imine (C=N–C) groups is 1. The molecule has 1 unspecified atom stereocenters. The fourth-order valence-electron chi connectivity index (χ4n) is 1.44. The van der Waals surface area contributed by atoms with Gasteiger partial charge in [-0.05, 0) is 5.56 Å². The van der Waals surface area contributed by atoms with Crippen LogP contribution in [0.2, 0.25) is 0 Å². The zero-order chi connectivity index (χ0) is 12.1. The van der Waals surface area contributed by atoms with Gasteiger partial charge in [-0.1, -0.05) is 83.9 Å². The van der Waals surface area contributed by atoms with Crippen LogP contribution < -0.4 is 0 Å². The third-order valence-electron chi connectivity index (χ3n) is 2.31. The Morgan fingerprint density at radius 2 is 1.41 bits per heavy atom. The number of nitrogens with zero attached hydrogens (tertiary/aromatic N) is 1. The average Bonchev–Trinajstić information content (AvgIpc) is 2.40. The van der Waals surface area contributed by atoms with Gasteiger partial charge >= 0.3 is 0 Å². The van der Waals surface area contributed by atoms with Crippen molar-refractivity contribution in [1.29, 1.82) is 0 Å². The SMILES string of the molecule is Cl/C(=N\C(Cl)c1ccccc1)c1ccccc1. The van der Waals surface area contributed by atoms with Gasteiger partial charge < -0.3 is 0 Å². The van der Waals surface area contributed by atoms with Crippen LogP contribution >= 0.6 is 23.2 Å². The Labute approximate surface area is 111 Å². The first kappa shape index (κ1) is 12.2. The minimum absolute atomic E-state index is 0.425. The highest BCUT2D eigenvalue weighted by Gasteiger charge is 2.07. The first-order chi connectivity index (χ1) is 8.27. The summed E-state index contributed by atoms with van der Waals surface area (Å²) >= 11 is 12.3. The van der Waals surface area contributed by atoms with E-state index >= 15 is 0 Å². The molecule has 0 spiro atoms. The van der Waals surface area contributed by atoms with E-state index in [0.717, 1.165) is 11.1 Å². The van der Waals surface area contributed by atoms with Crippen LogP contribution in [0.25, 0.3) is 0 Å². The van der Waals surface area contributed by atoms with Gasteiger partial charge in [0.25, 0.3) is 0 Å². The summed E-state index contributed by atoms with van der Waals surface area (Å²) in [5, 5.41) is 0.425. The molecule has 0 aliphatic carbocycles. The normalized spacial score (nSPS) is 13.4. The zero-order valence-electron chi connectivity index (χ0n) is 9.05. The van der Waals surface area contributed by atoms with Crippen molar-refractivity contribution in [3.63, 3.8) is 0 Å². The van der Waals surface area contributed by atoms with Gasteiger partial charge in [-0.3, -0.25) is 0 Å². The van der Waals surface area contributed by atoms with E-state index in [1.807, 2.05) is 60.7 Å². The number of benzene rings is 2. The first-order valence-corrected chi connectivity index (χ1v) is 6.06. The van der Waals surface area contributed by atoms with Crippen molar-refractivity contribution in [1.82, 2.24) is 0 Å². The Hall–Kier alpha value is -1.31. The molecule has 0 fully saturated rings. The molecular formula is C14H11Cl2N. The molecule has 0 aliphatic rings. The summed E-state index contributed by atoms with van der Waals surface area (Å²) in [6.45, 7) is 0. The second kappa shape index (κ2) is 5.85. The monoisotopic (exact) mass is 263 g/mol. The minimum atomic E-state index is -0.455. The number of halogens is 2. The Morgan fingerprint density at radius 1 is 0.882 bits per heavy atom. The van der Waals surface area contributed by atoms with Crippen LogP contribution in [0.1, 0.15) is 16.6 Å². The molecule has 2 aromatic rings. The standard InChI is InChI=1S/C14H11Cl2N/c15-13(11-7-3-1-4-8-11)17-14(16)12-9-5-2-6-10-12/h1-10,13H/b17-14-. The highest BCUT2D eigenvalue weighted by atomic mass is 35.5. The molecule has 0 heterocycles. The van der Waals surface area contributed by atoms with Crippen molar-refractivity contribution in [2.24, 2.45) is 4.99 Å². The van der Waals surface area contributed by atoms with Crippen LogP contribution in [0.15, 0.2) is 65.7 Å². The van der Waals surface area contributed by atoms with Crippen molar-refractivity contribution in [2.75, 3.05) is 0 Å². The molecule has 2 aromatic carbocycles. The van der Waals surface area contributed by atoms with Crippen molar-refractivity contribution in [2.45, 2.75) is 5.50 Å². The van der Waals surface area contributed by atoms with Crippen molar-refractivity contribution in [3.05, 3.63) is 71.8 Å². The molecule has 0 aliphatic heterocycles. The number of hydrogen-bond acceptors (Lipinski definition) is 1. The molecule has 0 aromatic heterocycles. The Balaban J connectivity index is 2.20. The molecule has 0 amide bonds. The maximum absolute atomic E-state index is 6.18. The lowest BCUT2D eigenvalue weighted by molar-refractivity contribution is 1.02. The number of rotatable bonds is 3. The quantitative estimate of drug-likeness (QED) is 0.436. The van der Waals surface area contributed by atoms with E-state index in [1.54, 1.807) is 0 Å². The summed E-state index contributed by atoms with van der Waals surface area (Å²) in [6.07, 6.45) is 0. The summed E-state index contributed by atoms with van der Waals surface area (Å²) in [5.74, 6) is 0. The Kier molecular flexibility index (Phi) is 4.18. The second-order valence-corrected chi connectivity index (χ2v) is 4.30. The molecule has 0 N–H and O–H groups in total. The van der Waals surface area contributed by atoms with Gasteiger partial charge in [-0.2, -0.15) is 0 Å². The summed E-state index contributed by atoms with van der Waals surface area (Å²) in [5.41, 5.74) is 1.35. The smallest absolute Gasteiger partial charge is 0.150 e. The molecule has 86 valence electrons. The van der Waals surface area contributed by atoms with Crippen molar-refractivity contribution >= 4 is 28.4 Å². The van der Waals surface area contributed by atoms with Gasteiger partial charge in [-0.15, -0.1) is 0 Å². The van der Waals surface area contributed by atoms with Crippen LogP contribution in [0.4, 0.5) is 0 Å². The van der Waals surface area contributed by atoms with Crippen LogP contribution in [-0.2, 0) is 0 Å². The van der Waals surface area contributed by atoms with Crippen LogP contribution in [0.3, 0.4) is 0 Å². The number of alkyl halides is 1. The zero-order valence-corrected chi connectivity index (χ0v) is 10.6. The lowest BCUT2D eigenvalue weighted by atomic mass is 10.2. The van der Waals surface area contributed by atoms with E-state index in [2.05, 4.69) is 4.99 Å². The van der Waals surface area contributed by atoms with E-state index in [-0.39, 0.29) is 0 Å². The topological polar surface area (TPSA) is 12.4 Å². The van der Waals surface area contributed by atoms with Crippen LogP contribution in [-0.4, -0.2) is 5.17 Å². The fraction of sp³-hybridized carbons (Fsp3) is 0.0714. The molecule has 3 heteroatoms. The summed E-state index contributed by atoms with van der Waals surface area (Å²) in [6, 6.07) is 19.2. The molecule has 0 saturated heterocycles. The lowest BCUT2D eigenvalue weighted by Crippen LogP contribution is -1.94. The lowest BCUT2D eigenvalue weighted by Gasteiger charge is -2.05. The highest BCUT2D eigenvalue weighted by Crippen LogP contribution is 2.23. The van der Waals surface area contributed by atoms with Crippen molar-refractivity contribution in [3.8, 4) is 0 Å². The first-order valence-electron chi connectivity index (χ1n) is 5.25. The fourth-order valence-corrected chi connectivity index (χ4v) is 1.95. The Bertz CT molecular complexity index is 494. The van der Waals surface area contributed by atoms with E-state index in [1.165, 1.54) is 0 Å². The number of hydrogen-bond donors (Lipinski definition) is 0. The van der Waals surface area contributed by atoms with Crippen LogP contribution in [0.5, 0.6) is 0 Å². The largest absolute Gasteiger partial charge is 0.248 e. The van der Waals surface area contributed by atoms with E-state index in [4.69, 9.17) is 23.2 Å². The maximum Gasteiger partial charge on any atom is 0.150 e. The maximum atomic E-state index is 6.18. The van der Waals surface area contributed by atoms with Gasteiger partial charge in [0.1, 0.15) is 5.17 Å². The molecule has 0 saturated carbocycles. The van der Waals surface area contributed by atoms with Gasteiger partial charge in [0.2, 0.25) is 0 Å². The molecule has 2 rings (SSSR count). The summed E-state index contributed by atoms with van der Waals surface area (Å²) in [4.78, 5) is 4.26. The molecule has 17 heavy (non-hydrogen) atoms. The third kappa shape index (κ3) is 3.32. The molecule has 0 bridgehead atoms. The van der Waals surface area contributed by atoms with Crippen molar-refractivity contribution < 1.29 is 0 Å². The van der Waals surface area contributed by atoms with Gasteiger partial charge in [0.15, 0.2) is 5.50 Å². The summed E-state index contributed by atoms with van der Waals surface area (Å²) < 4.78 is 0. The second-order valence-electron chi connectivity index (χ2n) is 3.53. The minimum Gasteiger partial charge on any atom is -0.248 e. The Morgan fingerprint density at radius 3 is 2.00 bits per heavy atom. The van der Waals surface area contributed by atoms with E-state index in [0.29, 0.717) is 5.17 Å². The van der Waals surface area contributed by atoms with Gasteiger partial charge in [-0.25, -0.2) is 4.99 Å². The van der Waals surface area contributed by atoms with E-state index in [9.17, 15) is 0 Å².